The van der Waals surface area contributed by atoms with E-state index < -0.39 is 11.4 Å². The van der Waals surface area contributed by atoms with Crippen LogP contribution in [0.4, 0.5) is 4.79 Å². The summed E-state index contributed by atoms with van der Waals surface area (Å²) in [6, 6.07) is 0.113. The molecule has 2 aliphatic heterocycles. The molecule has 2 amide bonds. The highest BCUT2D eigenvalue weighted by atomic mass is 16.4. The van der Waals surface area contributed by atoms with Crippen molar-refractivity contribution >= 4 is 12.0 Å². The summed E-state index contributed by atoms with van der Waals surface area (Å²) in [7, 11) is 0. The smallest absolute Gasteiger partial charge is 0.317 e. The number of nitrogens with zero attached hydrogens (tertiary/aromatic N) is 1. The number of rotatable bonds is 3. The fourth-order valence-corrected chi connectivity index (χ4v) is 3.15. The highest BCUT2D eigenvalue weighted by Crippen LogP contribution is 2.33. The lowest BCUT2D eigenvalue weighted by molar-refractivity contribution is -0.152. The van der Waals surface area contributed by atoms with Crippen LogP contribution in [-0.4, -0.2) is 54.2 Å². The number of likely N-dealkylation sites (tertiary alicyclic amines) is 1. The molecule has 0 aromatic heterocycles. The Morgan fingerprint density at radius 2 is 2.10 bits per heavy atom. The van der Waals surface area contributed by atoms with E-state index >= 15 is 0 Å². The van der Waals surface area contributed by atoms with Crippen molar-refractivity contribution < 1.29 is 14.7 Å². The Bertz CT molecular complexity index is 369. The summed E-state index contributed by atoms with van der Waals surface area (Å²) in [5, 5.41) is 15.7. The molecule has 2 saturated heterocycles. The van der Waals surface area contributed by atoms with Crippen LogP contribution in [0.25, 0.3) is 0 Å². The van der Waals surface area contributed by atoms with Crippen molar-refractivity contribution in [2.75, 3.05) is 26.2 Å². The average Bonchev–Trinajstić information content (AvgIpc) is 2.48. The Morgan fingerprint density at radius 1 is 1.40 bits per heavy atom. The van der Waals surface area contributed by atoms with Crippen molar-refractivity contribution in [3.63, 3.8) is 0 Å². The first-order valence-corrected chi connectivity index (χ1v) is 7.57. The van der Waals surface area contributed by atoms with Crippen LogP contribution >= 0.6 is 0 Å². The van der Waals surface area contributed by atoms with Gasteiger partial charge in [0.15, 0.2) is 0 Å². The summed E-state index contributed by atoms with van der Waals surface area (Å²) in [6.07, 6.45) is 3.88. The number of nitrogens with one attached hydrogen (secondary N) is 2. The van der Waals surface area contributed by atoms with Crippen LogP contribution in [0.15, 0.2) is 0 Å². The number of hydrogen-bond acceptors (Lipinski definition) is 3. The maximum atomic E-state index is 12.3. The van der Waals surface area contributed by atoms with E-state index in [1.165, 1.54) is 0 Å². The molecule has 6 nitrogen and oxygen atoms in total. The Labute approximate surface area is 119 Å². The second-order valence-electron chi connectivity index (χ2n) is 5.94. The number of carbonyl (C=O) groups excluding carboxylic acids is 1. The van der Waals surface area contributed by atoms with Gasteiger partial charge in [0.2, 0.25) is 0 Å². The largest absolute Gasteiger partial charge is 0.481 e. The number of piperidine rings is 2. The molecular weight excluding hydrogens is 258 g/mol. The van der Waals surface area contributed by atoms with E-state index in [2.05, 4.69) is 10.6 Å². The summed E-state index contributed by atoms with van der Waals surface area (Å²) in [4.78, 5) is 25.5. The molecule has 0 spiro atoms. The van der Waals surface area contributed by atoms with Crippen molar-refractivity contribution in [1.29, 1.82) is 0 Å². The van der Waals surface area contributed by atoms with Gasteiger partial charge in [0.05, 0.1) is 5.41 Å². The molecule has 1 unspecified atom stereocenters. The zero-order chi connectivity index (χ0) is 14.6. The molecule has 6 heteroatoms. The molecule has 114 valence electrons. The first-order chi connectivity index (χ1) is 9.57. The van der Waals surface area contributed by atoms with E-state index in [1.807, 2.05) is 6.92 Å². The molecule has 3 N–H and O–H groups in total. The zero-order valence-corrected chi connectivity index (χ0v) is 12.2. The van der Waals surface area contributed by atoms with Gasteiger partial charge in [0.1, 0.15) is 0 Å². The Balaban J connectivity index is 1.93. The Morgan fingerprint density at radius 3 is 2.70 bits per heavy atom. The average molecular weight is 283 g/mol. The molecule has 1 atom stereocenters. The molecule has 0 aromatic rings. The maximum Gasteiger partial charge on any atom is 0.317 e. The topological polar surface area (TPSA) is 81.7 Å². The van der Waals surface area contributed by atoms with Crippen LogP contribution in [0.3, 0.4) is 0 Å². The molecular formula is C14H25N3O3. The van der Waals surface area contributed by atoms with E-state index in [9.17, 15) is 14.7 Å². The van der Waals surface area contributed by atoms with Crippen LogP contribution in [0.2, 0.25) is 0 Å². The maximum absolute atomic E-state index is 12.3. The van der Waals surface area contributed by atoms with E-state index in [0.29, 0.717) is 25.9 Å². The fourth-order valence-electron chi connectivity index (χ4n) is 3.15. The summed E-state index contributed by atoms with van der Waals surface area (Å²) < 4.78 is 0. The summed E-state index contributed by atoms with van der Waals surface area (Å²) in [5.41, 5.74) is -0.760. The predicted octanol–water partition coefficient (Wildman–Crippen LogP) is 1.02. The van der Waals surface area contributed by atoms with Crippen molar-refractivity contribution in [1.82, 2.24) is 15.5 Å². The van der Waals surface area contributed by atoms with Gasteiger partial charge in [-0.3, -0.25) is 4.79 Å². The summed E-state index contributed by atoms with van der Waals surface area (Å²) in [6.45, 7) is 4.74. The van der Waals surface area contributed by atoms with Gasteiger partial charge < -0.3 is 20.6 Å². The summed E-state index contributed by atoms with van der Waals surface area (Å²) >= 11 is 0. The third kappa shape index (κ3) is 3.23. The third-order valence-corrected chi connectivity index (χ3v) is 4.66. The van der Waals surface area contributed by atoms with Gasteiger partial charge in [-0.25, -0.2) is 4.79 Å². The first kappa shape index (κ1) is 15.1. The molecule has 20 heavy (non-hydrogen) atoms. The normalized spacial score (nSPS) is 28.1. The molecule has 0 bridgehead atoms. The number of aliphatic carboxylic acids is 1. The van der Waals surface area contributed by atoms with E-state index in [0.717, 1.165) is 32.4 Å². The minimum Gasteiger partial charge on any atom is -0.481 e. The van der Waals surface area contributed by atoms with Gasteiger partial charge in [-0.1, -0.05) is 6.92 Å². The number of carboxylic acid groups (broad SMARTS) is 1. The van der Waals surface area contributed by atoms with Crippen LogP contribution in [0, 0.1) is 5.41 Å². The number of urea groups is 1. The minimum atomic E-state index is -0.778. The van der Waals surface area contributed by atoms with Crippen LogP contribution in [-0.2, 0) is 4.79 Å². The van der Waals surface area contributed by atoms with Gasteiger partial charge in [-0.2, -0.15) is 0 Å². The molecule has 2 heterocycles. The van der Waals surface area contributed by atoms with E-state index in [1.54, 1.807) is 4.90 Å². The van der Waals surface area contributed by atoms with Gasteiger partial charge in [-0.15, -0.1) is 0 Å². The number of carboxylic acids is 1. The molecule has 2 fully saturated rings. The van der Waals surface area contributed by atoms with Crippen LogP contribution in [0.1, 0.15) is 39.0 Å². The van der Waals surface area contributed by atoms with Gasteiger partial charge in [-0.05, 0) is 45.2 Å². The van der Waals surface area contributed by atoms with Crippen molar-refractivity contribution in [3.05, 3.63) is 0 Å². The number of hydrogen-bond donors (Lipinski definition) is 3. The standard InChI is InChI=1S/C14H25N3O3/c1-2-14(12(18)19)6-3-9-17(10-14)13(20)16-11-4-7-15-8-5-11/h11,15H,2-10H2,1H3,(H,16,20)(H,18,19). The highest BCUT2D eigenvalue weighted by molar-refractivity contribution is 5.79. The van der Waals surface area contributed by atoms with Gasteiger partial charge in [0.25, 0.3) is 0 Å². The number of carbonyl (C=O) groups is 2. The highest BCUT2D eigenvalue weighted by Gasteiger charge is 2.42. The van der Waals surface area contributed by atoms with E-state index in [4.69, 9.17) is 0 Å². The van der Waals surface area contributed by atoms with Crippen molar-refractivity contribution in [3.8, 4) is 0 Å². The second kappa shape index (κ2) is 6.43. The van der Waals surface area contributed by atoms with Crippen molar-refractivity contribution in [2.45, 2.75) is 45.1 Å². The second-order valence-corrected chi connectivity index (χ2v) is 5.94. The Hall–Kier alpha value is -1.30. The van der Waals surface area contributed by atoms with Gasteiger partial charge >= 0.3 is 12.0 Å². The number of amides is 2. The van der Waals surface area contributed by atoms with Gasteiger partial charge in [0, 0.05) is 19.1 Å². The third-order valence-electron chi connectivity index (χ3n) is 4.66. The van der Waals surface area contributed by atoms with Crippen LogP contribution in [0.5, 0.6) is 0 Å². The molecule has 0 aliphatic carbocycles. The zero-order valence-electron chi connectivity index (χ0n) is 12.2. The Kier molecular flexibility index (Phi) is 4.86. The predicted molar refractivity (Wildman–Crippen MR) is 75.6 cm³/mol. The lowest BCUT2D eigenvalue weighted by Gasteiger charge is -2.40. The molecule has 2 rings (SSSR count). The first-order valence-electron chi connectivity index (χ1n) is 7.57. The SMILES string of the molecule is CCC1(C(=O)O)CCCN(C(=O)NC2CCNCC2)C1. The molecule has 2 aliphatic rings. The molecule has 0 saturated carbocycles. The quantitative estimate of drug-likeness (QED) is 0.722. The fraction of sp³-hybridized carbons (Fsp3) is 0.857. The summed E-state index contributed by atoms with van der Waals surface area (Å²) in [5.74, 6) is -0.778. The monoisotopic (exact) mass is 283 g/mol. The van der Waals surface area contributed by atoms with E-state index in [-0.39, 0.29) is 12.1 Å². The molecule has 0 aromatic carbocycles. The lowest BCUT2D eigenvalue weighted by Crippen LogP contribution is -2.55. The van der Waals surface area contributed by atoms with Crippen molar-refractivity contribution in [2.24, 2.45) is 5.41 Å². The molecule has 0 radical (unpaired) electrons. The van der Waals surface area contributed by atoms with Crippen LogP contribution < -0.4 is 10.6 Å². The minimum absolute atomic E-state index is 0.101. The lowest BCUT2D eigenvalue weighted by atomic mass is 9.78.